The zero-order valence-electron chi connectivity index (χ0n) is 17.3. The molecule has 32 heavy (non-hydrogen) atoms. The van der Waals surface area contributed by atoms with Gasteiger partial charge in [-0.1, -0.05) is 35.7 Å². The first-order valence-corrected chi connectivity index (χ1v) is 11.8. The average molecular weight is 491 g/mol. The second-order valence-electron chi connectivity index (χ2n) is 8.00. The highest BCUT2D eigenvalue weighted by atomic mass is 35.5. The molecule has 2 N–H and O–H groups in total. The van der Waals surface area contributed by atoms with Crippen LogP contribution in [0.1, 0.15) is 47.8 Å². The molecule has 1 aromatic heterocycles. The van der Waals surface area contributed by atoms with Gasteiger partial charge in [-0.3, -0.25) is 14.5 Å². The summed E-state index contributed by atoms with van der Waals surface area (Å²) in [5.41, 5.74) is 0.455. The van der Waals surface area contributed by atoms with Gasteiger partial charge in [-0.25, -0.2) is 4.79 Å². The molecule has 2 heterocycles. The normalized spacial score (nSPS) is 20.4. The van der Waals surface area contributed by atoms with Crippen LogP contribution in [0.4, 0.5) is 9.80 Å². The topological polar surface area (TPSA) is 102 Å². The highest BCUT2D eigenvalue weighted by Gasteiger charge is 2.50. The van der Waals surface area contributed by atoms with Gasteiger partial charge in [0.1, 0.15) is 23.2 Å². The summed E-state index contributed by atoms with van der Waals surface area (Å²) in [6, 6.07) is 6.15. The van der Waals surface area contributed by atoms with Crippen molar-refractivity contribution in [2.45, 2.75) is 44.6 Å². The van der Waals surface area contributed by atoms with Crippen LogP contribution < -0.4 is 10.6 Å². The minimum atomic E-state index is -1.42. The van der Waals surface area contributed by atoms with Crippen molar-refractivity contribution in [3.05, 3.63) is 49.8 Å². The Balaban J connectivity index is 1.53. The van der Waals surface area contributed by atoms with E-state index in [0.29, 0.717) is 21.2 Å². The summed E-state index contributed by atoms with van der Waals surface area (Å²) >= 11 is 13.6. The second kappa shape index (κ2) is 8.74. The number of aryl methyl sites for hydroxylation is 1. The molecule has 0 radical (unpaired) electrons. The number of anilines is 1. The van der Waals surface area contributed by atoms with Crippen molar-refractivity contribution in [2.75, 3.05) is 11.9 Å². The number of carbonyl (C=O) groups excluding carboxylic acids is 3. The van der Waals surface area contributed by atoms with Crippen LogP contribution in [0.15, 0.2) is 18.2 Å². The first-order chi connectivity index (χ1) is 15.2. The molecule has 1 aromatic carbocycles. The van der Waals surface area contributed by atoms with Gasteiger partial charge in [-0.2, -0.15) is 5.26 Å². The Morgan fingerprint density at radius 3 is 2.75 bits per heavy atom. The van der Waals surface area contributed by atoms with Crippen LogP contribution in [0.2, 0.25) is 10.0 Å². The zero-order valence-corrected chi connectivity index (χ0v) is 19.6. The number of carbonyl (C=O) groups is 3. The first kappa shape index (κ1) is 22.6. The van der Waals surface area contributed by atoms with E-state index in [-0.39, 0.29) is 5.02 Å². The lowest BCUT2D eigenvalue weighted by Gasteiger charge is -2.23. The number of imide groups is 1. The third kappa shape index (κ3) is 3.96. The van der Waals surface area contributed by atoms with Gasteiger partial charge < -0.3 is 10.6 Å². The fraction of sp³-hybridized carbons (Fsp3) is 0.364. The smallest absolute Gasteiger partial charge is 0.319 e. The maximum atomic E-state index is 13.1. The summed E-state index contributed by atoms with van der Waals surface area (Å²) < 4.78 is 0. The molecule has 0 bridgehead atoms. The number of rotatable bonds is 4. The molecule has 2 aromatic rings. The van der Waals surface area contributed by atoms with Crippen molar-refractivity contribution in [1.82, 2.24) is 10.2 Å². The van der Waals surface area contributed by atoms with Crippen LogP contribution in [0, 0.1) is 11.3 Å². The maximum absolute atomic E-state index is 13.1. The molecule has 1 aliphatic carbocycles. The number of nitrogens with one attached hydrogen (secondary N) is 2. The zero-order chi connectivity index (χ0) is 23.0. The van der Waals surface area contributed by atoms with Gasteiger partial charge >= 0.3 is 6.03 Å². The predicted molar refractivity (Wildman–Crippen MR) is 123 cm³/mol. The summed E-state index contributed by atoms with van der Waals surface area (Å²) in [6.07, 6.45) is 4.90. The fourth-order valence-electron chi connectivity index (χ4n) is 4.18. The molecule has 10 heteroatoms. The number of fused-ring (bicyclic) bond motifs is 1. The summed E-state index contributed by atoms with van der Waals surface area (Å²) in [7, 11) is 0. The summed E-state index contributed by atoms with van der Waals surface area (Å²) in [5, 5.41) is 16.1. The van der Waals surface area contributed by atoms with Crippen LogP contribution in [0.5, 0.6) is 0 Å². The Hall–Kier alpha value is -2.60. The summed E-state index contributed by atoms with van der Waals surface area (Å²) in [5.74, 6) is -1.14. The van der Waals surface area contributed by atoms with Gasteiger partial charge in [-0.15, -0.1) is 11.3 Å². The third-order valence-corrected chi connectivity index (χ3v) is 7.59. The molecule has 1 unspecified atom stereocenters. The number of nitrogens with zero attached hydrogens (tertiary/aromatic N) is 2. The Bertz CT molecular complexity index is 1170. The molecule has 1 saturated heterocycles. The SMILES string of the molecule is CC1(c2ccc(Cl)cc2Cl)NC(=O)N(CC(=O)Nc2sc3c(c2C#N)CCCCC3)C1=O. The third-order valence-electron chi connectivity index (χ3n) is 5.83. The molecule has 0 saturated carbocycles. The Labute approximate surface area is 199 Å². The van der Waals surface area contributed by atoms with Gasteiger partial charge in [0, 0.05) is 20.5 Å². The Kier molecular flexibility index (Phi) is 6.17. The van der Waals surface area contributed by atoms with Gasteiger partial charge in [-0.05, 0) is 50.3 Å². The van der Waals surface area contributed by atoms with Crippen LogP contribution in [-0.2, 0) is 28.0 Å². The number of nitriles is 1. The summed E-state index contributed by atoms with van der Waals surface area (Å²) in [6.45, 7) is 1.06. The lowest BCUT2D eigenvalue weighted by molar-refractivity contribution is -0.133. The number of thiophene rings is 1. The Morgan fingerprint density at radius 2 is 2.03 bits per heavy atom. The lowest BCUT2D eigenvalue weighted by atomic mass is 9.92. The molecule has 7 nitrogen and oxygen atoms in total. The largest absolute Gasteiger partial charge is 0.325 e. The number of hydrogen-bond donors (Lipinski definition) is 2. The Morgan fingerprint density at radius 1 is 1.28 bits per heavy atom. The predicted octanol–water partition coefficient (Wildman–Crippen LogP) is 4.60. The first-order valence-electron chi connectivity index (χ1n) is 10.2. The van der Waals surface area contributed by atoms with Gasteiger partial charge in [0.25, 0.3) is 5.91 Å². The molecule has 1 aliphatic heterocycles. The minimum Gasteiger partial charge on any atom is -0.319 e. The molecule has 1 atom stereocenters. The van der Waals surface area contributed by atoms with Crippen molar-refractivity contribution in [1.29, 1.82) is 5.26 Å². The van der Waals surface area contributed by atoms with Crippen molar-refractivity contribution >= 4 is 57.4 Å². The van der Waals surface area contributed by atoms with E-state index in [1.807, 2.05) is 0 Å². The lowest BCUT2D eigenvalue weighted by Crippen LogP contribution is -2.42. The van der Waals surface area contributed by atoms with E-state index in [9.17, 15) is 19.6 Å². The molecule has 166 valence electrons. The standard InChI is InChI=1S/C22H20Cl2N4O3S/c1-22(15-8-7-12(23)9-16(15)24)20(30)28(21(31)27-22)11-18(29)26-19-14(10-25)13-5-3-2-4-6-17(13)32-19/h7-9H,2-6,11H2,1H3,(H,26,29)(H,27,31). The van der Waals surface area contributed by atoms with Crippen molar-refractivity contribution in [3.8, 4) is 6.07 Å². The van der Waals surface area contributed by atoms with Gasteiger partial charge in [0.15, 0.2) is 0 Å². The van der Waals surface area contributed by atoms with Crippen molar-refractivity contribution < 1.29 is 14.4 Å². The van der Waals surface area contributed by atoms with Crippen LogP contribution in [0.25, 0.3) is 0 Å². The minimum absolute atomic E-state index is 0.235. The number of halogens is 2. The van der Waals surface area contributed by atoms with Gasteiger partial charge in [0.05, 0.1) is 5.56 Å². The van der Waals surface area contributed by atoms with Crippen LogP contribution in [0.3, 0.4) is 0 Å². The number of benzene rings is 1. The van der Waals surface area contributed by atoms with Crippen molar-refractivity contribution in [2.24, 2.45) is 0 Å². The monoisotopic (exact) mass is 490 g/mol. The highest BCUT2D eigenvalue weighted by molar-refractivity contribution is 7.16. The van der Waals surface area contributed by atoms with Gasteiger partial charge in [0.2, 0.25) is 5.91 Å². The second-order valence-corrected chi connectivity index (χ2v) is 9.95. The molecule has 0 spiro atoms. The summed E-state index contributed by atoms with van der Waals surface area (Å²) in [4.78, 5) is 40.4. The molecular formula is C22H20Cl2N4O3S. The number of amides is 4. The molecule has 4 amide bonds. The van der Waals surface area contributed by atoms with E-state index < -0.39 is 29.9 Å². The van der Waals surface area contributed by atoms with E-state index in [1.54, 1.807) is 12.1 Å². The van der Waals surface area contributed by atoms with E-state index in [4.69, 9.17) is 23.2 Å². The quantitative estimate of drug-likeness (QED) is 0.482. The average Bonchev–Trinajstić information content (AvgIpc) is 3.03. The highest BCUT2D eigenvalue weighted by Crippen LogP contribution is 2.38. The number of hydrogen-bond acceptors (Lipinski definition) is 5. The van der Waals surface area contributed by atoms with Crippen molar-refractivity contribution in [3.63, 3.8) is 0 Å². The molecule has 1 fully saturated rings. The van der Waals surface area contributed by atoms with E-state index in [0.717, 1.165) is 47.4 Å². The molecule has 2 aliphatic rings. The maximum Gasteiger partial charge on any atom is 0.325 e. The fourth-order valence-corrected chi connectivity index (χ4v) is 6.03. The number of urea groups is 1. The molecular weight excluding hydrogens is 471 g/mol. The van der Waals surface area contributed by atoms with E-state index in [2.05, 4.69) is 16.7 Å². The van der Waals surface area contributed by atoms with E-state index >= 15 is 0 Å². The van der Waals surface area contributed by atoms with Crippen LogP contribution >= 0.6 is 34.5 Å². The molecule has 4 rings (SSSR count). The van der Waals surface area contributed by atoms with Crippen LogP contribution in [-0.4, -0.2) is 29.3 Å². The van der Waals surface area contributed by atoms with E-state index in [1.165, 1.54) is 24.3 Å².